The fourth-order valence-corrected chi connectivity index (χ4v) is 1.80. The van der Waals surface area contributed by atoms with E-state index in [-0.39, 0.29) is 16.9 Å². The van der Waals surface area contributed by atoms with E-state index in [1.54, 1.807) is 24.3 Å². The van der Waals surface area contributed by atoms with Crippen molar-refractivity contribution in [1.82, 2.24) is 0 Å². The van der Waals surface area contributed by atoms with Crippen LogP contribution in [0.4, 0.5) is 17.1 Å². The molecule has 0 aliphatic carbocycles. The van der Waals surface area contributed by atoms with E-state index >= 15 is 0 Å². The summed E-state index contributed by atoms with van der Waals surface area (Å²) in [6.45, 7) is 0. The molecule has 0 aliphatic heterocycles. The van der Waals surface area contributed by atoms with Crippen molar-refractivity contribution in [2.24, 2.45) is 4.99 Å². The third kappa shape index (κ3) is 3.61. The maximum absolute atomic E-state index is 11.0. The molecule has 0 amide bonds. The number of nitro benzene ring substituents is 2. The first kappa shape index (κ1) is 14.6. The van der Waals surface area contributed by atoms with Crippen LogP contribution in [0.3, 0.4) is 0 Å². The highest BCUT2D eigenvalue weighted by Crippen LogP contribution is 2.24. The monoisotopic (exact) mass is 305 g/mol. The lowest BCUT2D eigenvalue weighted by Gasteiger charge is -1.98. The van der Waals surface area contributed by atoms with E-state index in [4.69, 9.17) is 11.6 Å². The largest absolute Gasteiger partial charge is 0.285 e. The molecule has 2 rings (SSSR count). The molecule has 0 aliphatic rings. The quantitative estimate of drug-likeness (QED) is 0.485. The average molecular weight is 306 g/mol. The zero-order valence-corrected chi connectivity index (χ0v) is 11.2. The molecule has 0 saturated carbocycles. The van der Waals surface area contributed by atoms with Gasteiger partial charge in [-0.2, -0.15) is 0 Å². The number of hydrogen-bond donors (Lipinski definition) is 0. The molecular weight excluding hydrogens is 298 g/mol. The highest BCUT2D eigenvalue weighted by Gasteiger charge is 2.18. The fourth-order valence-electron chi connectivity index (χ4n) is 1.61. The summed E-state index contributed by atoms with van der Waals surface area (Å²) in [6.07, 6.45) is 1.27. The second-order valence-electron chi connectivity index (χ2n) is 4.00. The highest BCUT2D eigenvalue weighted by atomic mass is 35.5. The Labute approximate surface area is 123 Å². The number of non-ortho nitro benzene ring substituents is 1. The molecule has 0 atom stereocenters. The van der Waals surface area contributed by atoms with Crippen molar-refractivity contribution in [3.8, 4) is 0 Å². The van der Waals surface area contributed by atoms with E-state index in [2.05, 4.69) is 4.99 Å². The van der Waals surface area contributed by atoms with E-state index < -0.39 is 9.85 Å². The van der Waals surface area contributed by atoms with Gasteiger partial charge < -0.3 is 0 Å². The maximum Gasteiger partial charge on any atom is 0.285 e. The number of rotatable bonds is 4. The van der Waals surface area contributed by atoms with Crippen LogP contribution in [0, 0.1) is 20.2 Å². The Morgan fingerprint density at radius 3 is 2.43 bits per heavy atom. The SMILES string of the molecule is O=[N+]([O-])c1ccc(C=Nc2cccc(Cl)c2)c([N+](=O)[O-])c1. The summed E-state index contributed by atoms with van der Waals surface area (Å²) in [5.41, 5.74) is -0.0303. The number of benzene rings is 2. The lowest BCUT2D eigenvalue weighted by molar-refractivity contribution is -0.394. The third-order valence-electron chi connectivity index (χ3n) is 2.58. The molecule has 0 aromatic heterocycles. The van der Waals surface area contributed by atoms with Gasteiger partial charge in [-0.05, 0) is 24.3 Å². The van der Waals surface area contributed by atoms with Gasteiger partial charge in [-0.3, -0.25) is 25.2 Å². The molecule has 8 heteroatoms. The van der Waals surface area contributed by atoms with E-state index in [0.29, 0.717) is 10.7 Å². The van der Waals surface area contributed by atoms with Crippen molar-refractivity contribution in [2.75, 3.05) is 0 Å². The zero-order valence-electron chi connectivity index (χ0n) is 10.5. The normalized spacial score (nSPS) is 10.7. The van der Waals surface area contributed by atoms with Gasteiger partial charge in [0.05, 0.1) is 27.2 Å². The molecule has 0 unspecified atom stereocenters. The van der Waals surface area contributed by atoms with E-state index in [0.717, 1.165) is 6.07 Å². The standard InChI is InChI=1S/C13H8ClN3O4/c14-10-2-1-3-11(6-10)15-8-9-4-5-12(16(18)19)7-13(9)17(20)21/h1-8H. The molecule has 0 N–H and O–H groups in total. The lowest BCUT2D eigenvalue weighted by Crippen LogP contribution is -1.97. The second-order valence-corrected chi connectivity index (χ2v) is 4.43. The van der Waals surface area contributed by atoms with E-state index in [1.165, 1.54) is 18.3 Å². The molecule has 21 heavy (non-hydrogen) atoms. The Morgan fingerprint density at radius 1 is 1.05 bits per heavy atom. The summed E-state index contributed by atoms with van der Waals surface area (Å²) in [7, 11) is 0. The van der Waals surface area contributed by atoms with Crippen LogP contribution >= 0.6 is 11.6 Å². The topological polar surface area (TPSA) is 98.6 Å². The molecule has 0 fully saturated rings. The van der Waals surface area contributed by atoms with Gasteiger partial charge in [0, 0.05) is 17.3 Å². The fraction of sp³-hybridized carbons (Fsp3) is 0. The number of nitrogens with zero attached hydrogens (tertiary/aromatic N) is 3. The first-order valence-electron chi connectivity index (χ1n) is 5.70. The Hall–Kier alpha value is -2.80. The molecule has 0 radical (unpaired) electrons. The predicted molar refractivity (Wildman–Crippen MR) is 78.5 cm³/mol. The highest BCUT2D eigenvalue weighted by molar-refractivity contribution is 6.30. The smallest absolute Gasteiger partial charge is 0.258 e. The second kappa shape index (κ2) is 6.10. The molecule has 2 aromatic carbocycles. The number of nitro groups is 2. The van der Waals surface area contributed by atoms with Crippen LogP contribution in [0.15, 0.2) is 47.5 Å². The summed E-state index contributed by atoms with van der Waals surface area (Å²) in [6, 6.07) is 10.0. The van der Waals surface area contributed by atoms with Crippen molar-refractivity contribution in [3.05, 3.63) is 73.3 Å². The molecule has 2 aromatic rings. The average Bonchev–Trinajstić information content (AvgIpc) is 2.44. The number of aliphatic imine (C=N–C) groups is 1. The van der Waals surface area contributed by atoms with Gasteiger partial charge in [-0.15, -0.1) is 0 Å². The van der Waals surface area contributed by atoms with Crippen LogP contribution in [0.25, 0.3) is 0 Å². The molecule has 0 spiro atoms. The Balaban J connectivity index is 2.39. The molecule has 0 saturated heterocycles. The van der Waals surface area contributed by atoms with Gasteiger partial charge in [0.15, 0.2) is 0 Å². The molecule has 7 nitrogen and oxygen atoms in total. The van der Waals surface area contributed by atoms with Crippen molar-refractivity contribution in [1.29, 1.82) is 0 Å². The summed E-state index contributed by atoms with van der Waals surface area (Å²) < 4.78 is 0. The van der Waals surface area contributed by atoms with Crippen LogP contribution < -0.4 is 0 Å². The summed E-state index contributed by atoms with van der Waals surface area (Å²) in [5.74, 6) is 0. The summed E-state index contributed by atoms with van der Waals surface area (Å²) in [4.78, 5) is 24.3. The van der Waals surface area contributed by atoms with Crippen LogP contribution in [-0.2, 0) is 0 Å². The van der Waals surface area contributed by atoms with Crippen LogP contribution in [0.2, 0.25) is 5.02 Å². The third-order valence-corrected chi connectivity index (χ3v) is 2.82. The van der Waals surface area contributed by atoms with Gasteiger partial charge in [-0.1, -0.05) is 17.7 Å². The van der Waals surface area contributed by atoms with Crippen LogP contribution in [0.1, 0.15) is 5.56 Å². The van der Waals surface area contributed by atoms with Gasteiger partial charge in [-0.25, -0.2) is 0 Å². The zero-order chi connectivity index (χ0) is 15.4. The van der Waals surface area contributed by atoms with Crippen molar-refractivity contribution in [2.45, 2.75) is 0 Å². The number of hydrogen-bond acceptors (Lipinski definition) is 5. The molecular formula is C13H8ClN3O4. The summed E-state index contributed by atoms with van der Waals surface area (Å²) >= 11 is 5.81. The van der Waals surface area contributed by atoms with Crippen molar-refractivity contribution in [3.63, 3.8) is 0 Å². The van der Waals surface area contributed by atoms with Gasteiger partial charge in [0.25, 0.3) is 11.4 Å². The van der Waals surface area contributed by atoms with E-state index in [1.807, 2.05) is 0 Å². The van der Waals surface area contributed by atoms with E-state index in [9.17, 15) is 20.2 Å². The van der Waals surface area contributed by atoms with Crippen LogP contribution in [0.5, 0.6) is 0 Å². The lowest BCUT2D eigenvalue weighted by atomic mass is 10.2. The minimum absolute atomic E-state index is 0.172. The molecule has 0 bridgehead atoms. The van der Waals surface area contributed by atoms with Crippen molar-refractivity contribution < 1.29 is 9.85 Å². The molecule has 0 heterocycles. The predicted octanol–water partition coefficient (Wildman–Crippen LogP) is 3.91. The number of halogens is 1. The first-order chi connectivity index (χ1) is 9.97. The van der Waals surface area contributed by atoms with Crippen LogP contribution in [-0.4, -0.2) is 16.1 Å². The Kier molecular flexibility index (Phi) is 4.24. The Morgan fingerprint density at radius 2 is 1.81 bits per heavy atom. The van der Waals surface area contributed by atoms with Gasteiger partial charge >= 0.3 is 0 Å². The van der Waals surface area contributed by atoms with Gasteiger partial charge in [0.2, 0.25) is 0 Å². The maximum atomic E-state index is 11.0. The Bertz CT molecular complexity index is 746. The minimum Gasteiger partial charge on any atom is -0.258 e. The summed E-state index contributed by atoms with van der Waals surface area (Å²) in [5, 5.41) is 22.1. The minimum atomic E-state index is -0.690. The first-order valence-corrected chi connectivity index (χ1v) is 6.07. The van der Waals surface area contributed by atoms with Crippen molar-refractivity contribution >= 4 is 34.9 Å². The molecule has 106 valence electrons. The van der Waals surface area contributed by atoms with Gasteiger partial charge in [0.1, 0.15) is 0 Å².